The molecule has 40 heavy (non-hydrogen) atoms. The van der Waals surface area contributed by atoms with Gasteiger partial charge in [0.05, 0.1) is 0 Å². The van der Waals surface area contributed by atoms with Crippen LogP contribution < -0.4 is 5.32 Å². The highest BCUT2D eigenvalue weighted by molar-refractivity contribution is 6.05. The Balaban J connectivity index is 1.35. The molecule has 0 bridgehead atoms. The zero-order valence-corrected chi connectivity index (χ0v) is 22.3. The Morgan fingerprint density at radius 1 is 0.950 bits per heavy atom. The zero-order valence-electron chi connectivity index (χ0n) is 22.3. The third-order valence-electron chi connectivity index (χ3n) is 6.69. The van der Waals surface area contributed by atoms with Crippen LogP contribution in [0.2, 0.25) is 0 Å². The zero-order chi connectivity index (χ0) is 28.5. The highest BCUT2D eigenvalue weighted by Gasteiger charge is 2.35. The van der Waals surface area contributed by atoms with Gasteiger partial charge in [-0.25, -0.2) is 4.79 Å². The maximum atomic E-state index is 13.2. The van der Waals surface area contributed by atoms with E-state index in [1.807, 2.05) is 30.3 Å². The van der Waals surface area contributed by atoms with Crippen LogP contribution in [0.5, 0.6) is 0 Å². The number of nitrogens with one attached hydrogen (secondary N) is 1. The lowest BCUT2D eigenvalue weighted by molar-refractivity contribution is -0.177. The molecule has 1 aliphatic carbocycles. The van der Waals surface area contributed by atoms with Gasteiger partial charge in [-0.3, -0.25) is 24.0 Å². The van der Waals surface area contributed by atoms with E-state index in [2.05, 4.69) is 5.32 Å². The first-order valence-electron chi connectivity index (χ1n) is 13.2. The molecule has 1 fully saturated rings. The van der Waals surface area contributed by atoms with Crippen molar-refractivity contribution in [1.82, 2.24) is 10.4 Å². The molecule has 2 aromatic carbocycles. The summed E-state index contributed by atoms with van der Waals surface area (Å²) in [5.41, 5.74) is 3.91. The molecule has 0 aromatic heterocycles. The van der Waals surface area contributed by atoms with Crippen LogP contribution in [0.25, 0.3) is 11.1 Å². The first-order valence-corrected chi connectivity index (χ1v) is 13.2. The van der Waals surface area contributed by atoms with Crippen molar-refractivity contribution >= 4 is 29.7 Å². The van der Waals surface area contributed by atoms with Crippen molar-refractivity contribution in [3.63, 3.8) is 0 Å². The molecule has 1 heterocycles. The van der Waals surface area contributed by atoms with E-state index in [1.165, 1.54) is 0 Å². The minimum Gasteiger partial charge on any atom is -0.432 e. The van der Waals surface area contributed by atoms with Gasteiger partial charge in [-0.2, -0.15) is 0 Å². The molecule has 1 N–H and O–H groups in total. The van der Waals surface area contributed by atoms with E-state index >= 15 is 0 Å². The number of ketones is 1. The summed E-state index contributed by atoms with van der Waals surface area (Å²) in [4.78, 5) is 65.7. The molecular formula is C29H32N2O9. The van der Waals surface area contributed by atoms with E-state index in [0.717, 1.165) is 22.3 Å². The lowest BCUT2D eigenvalue weighted by atomic mass is 9.93. The van der Waals surface area contributed by atoms with Gasteiger partial charge in [0.2, 0.25) is 5.91 Å². The average Bonchev–Trinajstić information content (AvgIpc) is 3.45. The van der Waals surface area contributed by atoms with Crippen molar-refractivity contribution in [1.29, 1.82) is 0 Å². The van der Waals surface area contributed by atoms with E-state index in [0.29, 0.717) is 43.2 Å². The Morgan fingerprint density at radius 2 is 1.70 bits per heavy atom. The third-order valence-corrected chi connectivity index (χ3v) is 6.69. The number of Topliss-reactive ketones (excluding diaryl/α,β-unsaturated/α-hetero) is 1. The summed E-state index contributed by atoms with van der Waals surface area (Å²) in [7, 11) is 1.61. The van der Waals surface area contributed by atoms with Crippen LogP contribution in [0.3, 0.4) is 0 Å². The van der Waals surface area contributed by atoms with Gasteiger partial charge in [-0.15, -0.1) is 0 Å². The van der Waals surface area contributed by atoms with E-state index in [9.17, 15) is 24.0 Å². The summed E-state index contributed by atoms with van der Waals surface area (Å²) in [5.74, 6) is -1.84. The predicted molar refractivity (Wildman–Crippen MR) is 141 cm³/mol. The van der Waals surface area contributed by atoms with Crippen molar-refractivity contribution in [2.24, 2.45) is 0 Å². The van der Waals surface area contributed by atoms with Gasteiger partial charge in [0.15, 0.2) is 5.78 Å². The van der Waals surface area contributed by atoms with E-state index in [1.54, 1.807) is 19.2 Å². The number of fused-ring (bicyclic) bond motifs is 3. The molecule has 4 rings (SSSR count). The Hall–Kier alpha value is -4.09. The van der Waals surface area contributed by atoms with Crippen LogP contribution in [-0.4, -0.2) is 74.8 Å². The van der Waals surface area contributed by atoms with Crippen LogP contribution in [0.15, 0.2) is 42.5 Å². The molecule has 1 aliphatic heterocycles. The number of hydroxylamine groups is 2. The minimum atomic E-state index is -1.15. The summed E-state index contributed by atoms with van der Waals surface area (Å²) < 4.78 is 15.5. The van der Waals surface area contributed by atoms with Gasteiger partial charge in [0.25, 0.3) is 11.8 Å². The van der Waals surface area contributed by atoms with Crippen molar-refractivity contribution in [3.05, 3.63) is 59.2 Å². The van der Waals surface area contributed by atoms with Crippen LogP contribution in [0.4, 0.5) is 4.79 Å². The second kappa shape index (κ2) is 13.8. The second-order valence-corrected chi connectivity index (χ2v) is 9.42. The molecule has 2 aliphatic rings. The lowest BCUT2D eigenvalue weighted by Gasteiger charge is -2.16. The molecule has 2 aromatic rings. The fraction of sp³-hybridized carbons (Fsp3) is 0.414. The van der Waals surface area contributed by atoms with Gasteiger partial charge in [0.1, 0.15) is 13.2 Å². The fourth-order valence-electron chi connectivity index (χ4n) is 4.81. The SMILES string of the molecule is COCCCOCC(=O)NCCCC(=O)c1cccc2c1-c1ccccc1C2COC(=O)ON1C(=O)CCC1=O. The molecule has 11 heteroatoms. The lowest BCUT2D eigenvalue weighted by Crippen LogP contribution is -2.32. The van der Waals surface area contributed by atoms with Gasteiger partial charge in [-0.1, -0.05) is 47.5 Å². The fourth-order valence-corrected chi connectivity index (χ4v) is 4.81. The number of ether oxygens (including phenoxy) is 3. The highest BCUT2D eigenvalue weighted by atomic mass is 16.8. The average molecular weight is 553 g/mol. The van der Waals surface area contributed by atoms with Crippen LogP contribution in [0, 0.1) is 0 Å². The summed E-state index contributed by atoms with van der Waals surface area (Å²) in [6, 6.07) is 13.0. The van der Waals surface area contributed by atoms with Crippen LogP contribution in [0.1, 0.15) is 59.5 Å². The molecule has 1 unspecified atom stereocenters. The van der Waals surface area contributed by atoms with Gasteiger partial charge >= 0.3 is 6.16 Å². The Kier molecular flexibility index (Phi) is 9.98. The molecule has 3 amide bonds. The highest BCUT2D eigenvalue weighted by Crippen LogP contribution is 2.46. The van der Waals surface area contributed by atoms with Gasteiger partial charge in [0, 0.05) is 57.6 Å². The van der Waals surface area contributed by atoms with Crippen LogP contribution in [-0.2, 0) is 33.4 Å². The molecule has 11 nitrogen and oxygen atoms in total. The molecule has 1 saturated heterocycles. The van der Waals surface area contributed by atoms with E-state index in [-0.39, 0.29) is 50.1 Å². The topological polar surface area (TPSA) is 138 Å². The number of nitrogens with zero attached hydrogens (tertiary/aromatic N) is 1. The summed E-state index contributed by atoms with van der Waals surface area (Å²) in [6.45, 7) is 1.21. The first-order chi connectivity index (χ1) is 19.4. The smallest absolute Gasteiger partial charge is 0.432 e. The molecule has 0 spiro atoms. The standard InChI is InChI=1S/C29H32N2O9/c1-37-15-6-16-38-18-25(33)30-14-5-11-24(32)22-10-4-9-21-23(19-7-2-3-8-20(19)28(21)22)17-39-29(36)40-31-26(34)12-13-27(31)35/h2-4,7-10,23H,5-6,11-18H2,1H3,(H,30,33). The molecule has 1 atom stereocenters. The number of hydrogen-bond donors (Lipinski definition) is 1. The number of rotatable bonds is 14. The van der Waals surface area contributed by atoms with E-state index < -0.39 is 18.0 Å². The monoisotopic (exact) mass is 552 g/mol. The predicted octanol–water partition coefficient (Wildman–Crippen LogP) is 3.15. The molecule has 0 saturated carbocycles. The van der Waals surface area contributed by atoms with Crippen molar-refractivity contribution in [2.45, 2.75) is 38.0 Å². The first kappa shape index (κ1) is 28.9. The maximum absolute atomic E-state index is 13.2. The quantitative estimate of drug-likeness (QED) is 0.162. The summed E-state index contributed by atoms with van der Waals surface area (Å²) in [5, 5.41) is 3.20. The normalized spacial score (nSPS) is 15.5. The number of benzene rings is 2. The number of methoxy groups -OCH3 is 1. The van der Waals surface area contributed by atoms with Crippen molar-refractivity contribution in [2.75, 3.05) is 40.1 Å². The van der Waals surface area contributed by atoms with Gasteiger partial charge in [-0.05, 0) is 35.1 Å². The van der Waals surface area contributed by atoms with Crippen LogP contribution >= 0.6 is 0 Å². The third kappa shape index (κ3) is 6.91. The summed E-state index contributed by atoms with van der Waals surface area (Å²) >= 11 is 0. The minimum absolute atomic E-state index is 0.0115. The number of amides is 3. The number of imide groups is 1. The van der Waals surface area contributed by atoms with E-state index in [4.69, 9.17) is 19.0 Å². The molecule has 212 valence electrons. The Labute approximate surface area is 231 Å². The number of hydrogen-bond acceptors (Lipinski definition) is 9. The molecular weight excluding hydrogens is 520 g/mol. The molecule has 0 radical (unpaired) electrons. The second-order valence-electron chi connectivity index (χ2n) is 9.42. The Bertz CT molecular complexity index is 1260. The van der Waals surface area contributed by atoms with Crippen molar-refractivity contribution < 1.29 is 43.0 Å². The number of carbonyl (C=O) groups is 5. The van der Waals surface area contributed by atoms with Crippen molar-refractivity contribution in [3.8, 4) is 11.1 Å². The summed E-state index contributed by atoms with van der Waals surface area (Å²) in [6.07, 6.45) is 0.236. The number of carbonyl (C=O) groups excluding carboxylic acids is 5. The van der Waals surface area contributed by atoms with Gasteiger partial charge < -0.3 is 19.5 Å². The Morgan fingerprint density at radius 3 is 2.48 bits per heavy atom. The maximum Gasteiger partial charge on any atom is 0.533 e. The largest absolute Gasteiger partial charge is 0.533 e.